The van der Waals surface area contributed by atoms with Crippen molar-refractivity contribution in [3.8, 4) is 11.5 Å². The molecule has 1 aliphatic rings. The summed E-state index contributed by atoms with van der Waals surface area (Å²) in [6, 6.07) is 11.9. The molecule has 0 aliphatic carbocycles. The largest absolute Gasteiger partial charge is 0.493 e. The van der Waals surface area contributed by atoms with E-state index < -0.39 is 0 Å². The molecule has 0 radical (unpaired) electrons. The number of rotatable bonds is 8. The van der Waals surface area contributed by atoms with Gasteiger partial charge in [0.05, 0.1) is 30.0 Å². The molecule has 1 saturated heterocycles. The van der Waals surface area contributed by atoms with Crippen LogP contribution in [0.2, 0.25) is 0 Å². The molecule has 2 aromatic carbocycles. The van der Waals surface area contributed by atoms with Gasteiger partial charge in [0.2, 0.25) is 0 Å². The lowest BCUT2D eigenvalue weighted by Crippen LogP contribution is -2.48. The quantitative estimate of drug-likeness (QED) is 0.563. The number of amides is 1. The van der Waals surface area contributed by atoms with E-state index in [4.69, 9.17) is 14.5 Å². The molecule has 7 nitrogen and oxygen atoms in total. The van der Waals surface area contributed by atoms with Gasteiger partial charge in [0.25, 0.3) is 5.91 Å². The first kappa shape index (κ1) is 22.4. The van der Waals surface area contributed by atoms with Crippen molar-refractivity contribution in [3.63, 3.8) is 0 Å². The zero-order chi connectivity index (χ0) is 22.5. The van der Waals surface area contributed by atoms with Crippen molar-refractivity contribution in [2.24, 2.45) is 0 Å². The molecule has 3 aromatic rings. The van der Waals surface area contributed by atoms with E-state index in [9.17, 15) is 4.79 Å². The predicted octanol–water partition coefficient (Wildman–Crippen LogP) is 3.43. The lowest BCUT2D eigenvalue weighted by atomic mass is 10.1. The molecule has 0 bridgehead atoms. The lowest BCUT2D eigenvalue weighted by Gasteiger charge is -2.34. The zero-order valence-electron chi connectivity index (χ0n) is 18.9. The van der Waals surface area contributed by atoms with Crippen LogP contribution in [-0.2, 0) is 6.42 Å². The maximum absolute atomic E-state index is 12.6. The molecule has 0 unspecified atom stereocenters. The molecule has 0 spiro atoms. The van der Waals surface area contributed by atoms with Gasteiger partial charge in [-0.25, -0.2) is 4.98 Å². The van der Waals surface area contributed by atoms with Gasteiger partial charge in [0.15, 0.2) is 16.6 Å². The number of nitrogens with zero attached hydrogens (tertiary/aromatic N) is 3. The summed E-state index contributed by atoms with van der Waals surface area (Å²) in [5.74, 6) is 0.861. The third-order valence-corrected chi connectivity index (χ3v) is 6.93. The number of ether oxygens (including phenoxy) is 2. The minimum atomic E-state index is -0.152. The van der Waals surface area contributed by atoms with Gasteiger partial charge in [-0.2, -0.15) is 0 Å². The van der Waals surface area contributed by atoms with Crippen LogP contribution in [0.3, 0.4) is 0 Å². The highest BCUT2D eigenvalue weighted by molar-refractivity contribution is 7.22. The second-order valence-electron chi connectivity index (χ2n) is 7.78. The number of nitrogens with one attached hydrogen (secondary N) is 1. The Bertz CT molecular complexity index is 1080. The number of methoxy groups -OCH3 is 2. The number of fused-ring (bicyclic) bond motifs is 1. The fourth-order valence-corrected chi connectivity index (χ4v) is 5.04. The van der Waals surface area contributed by atoms with E-state index in [1.54, 1.807) is 43.8 Å². The molecule has 1 aromatic heterocycles. The second kappa shape index (κ2) is 10.2. The van der Waals surface area contributed by atoms with Crippen LogP contribution in [0.25, 0.3) is 10.2 Å². The topological polar surface area (TPSA) is 66.9 Å². The molecule has 32 heavy (non-hydrogen) atoms. The Morgan fingerprint density at radius 3 is 2.66 bits per heavy atom. The van der Waals surface area contributed by atoms with E-state index >= 15 is 0 Å². The number of thiazole rings is 1. The Labute approximate surface area is 192 Å². The summed E-state index contributed by atoms with van der Waals surface area (Å²) in [6.45, 7) is 7.36. The number of carbonyl (C=O) groups is 1. The molecule has 0 saturated carbocycles. The van der Waals surface area contributed by atoms with E-state index in [0.29, 0.717) is 23.6 Å². The second-order valence-corrected chi connectivity index (χ2v) is 8.79. The third-order valence-electron chi connectivity index (χ3n) is 5.85. The minimum Gasteiger partial charge on any atom is -0.493 e. The van der Waals surface area contributed by atoms with E-state index in [0.717, 1.165) is 49.8 Å². The van der Waals surface area contributed by atoms with Crippen molar-refractivity contribution >= 4 is 32.6 Å². The van der Waals surface area contributed by atoms with Crippen molar-refractivity contribution in [2.75, 3.05) is 58.4 Å². The van der Waals surface area contributed by atoms with Crippen LogP contribution in [0.15, 0.2) is 36.4 Å². The van der Waals surface area contributed by atoms with Gasteiger partial charge in [-0.15, -0.1) is 0 Å². The zero-order valence-corrected chi connectivity index (χ0v) is 19.7. The summed E-state index contributed by atoms with van der Waals surface area (Å²) >= 11 is 1.78. The van der Waals surface area contributed by atoms with E-state index in [1.165, 1.54) is 10.3 Å². The van der Waals surface area contributed by atoms with E-state index in [2.05, 4.69) is 40.2 Å². The first-order valence-corrected chi connectivity index (χ1v) is 11.8. The SMILES string of the molecule is CCc1ccc2nc(N3CCN(CCNC(=O)c4cccc(OC)c4OC)CC3)sc2c1. The maximum atomic E-state index is 12.6. The van der Waals surface area contributed by atoms with Crippen molar-refractivity contribution in [3.05, 3.63) is 47.5 Å². The first-order valence-electron chi connectivity index (χ1n) is 11.0. The summed E-state index contributed by atoms with van der Waals surface area (Å²) in [6.07, 6.45) is 1.04. The highest BCUT2D eigenvalue weighted by Crippen LogP contribution is 2.31. The number of hydrogen-bond donors (Lipinski definition) is 1. The number of piperazine rings is 1. The number of anilines is 1. The molecule has 170 valence electrons. The standard InChI is InChI=1S/C24H30N4O3S/c1-4-17-8-9-19-21(16-17)32-24(26-19)28-14-12-27(13-15-28)11-10-25-23(29)18-6-5-7-20(30-2)22(18)31-3/h5-9,16H,4,10-15H2,1-3H3,(H,25,29). The van der Waals surface area contributed by atoms with Crippen LogP contribution >= 0.6 is 11.3 Å². The smallest absolute Gasteiger partial charge is 0.255 e. The number of hydrogen-bond acceptors (Lipinski definition) is 7. The summed E-state index contributed by atoms with van der Waals surface area (Å²) < 4.78 is 11.9. The molecule has 4 rings (SSSR count). The minimum absolute atomic E-state index is 0.152. The molecule has 1 amide bonds. The molecule has 1 aliphatic heterocycles. The van der Waals surface area contributed by atoms with Crippen molar-refractivity contribution in [1.29, 1.82) is 0 Å². The van der Waals surface area contributed by atoms with Crippen LogP contribution in [0.5, 0.6) is 11.5 Å². The lowest BCUT2D eigenvalue weighted by molar-refractivity contribution is 0.0944. The van der Waals surface area contributed by atoms with E-state index in [1.807, 2.05) is 0 Å². The van der Waals surface area contributed by atoms with Crippen LogP contribution < -0.4 is 19.7 Å². The summed E-state index contributed by atoms with van der Waals surface area (Å²) in [5, 5.41) is 4.11. The first-order chi connectivity index (χ1) is 15.6. The number of aryl methyl sites for hydroxylation is 1. The van der Waals surface area contributed by atoms with Crippen LogP contribution in [0, 0.1) is 0 Å². The van der Waals surface area contributed by atoms with Crippen molar-refractivity contribution < 1.29 is 14.3 Å². The maximum Gasteiger partial charge on any atom is 0.255 e. The van der Waals surface area contributed by atoms with Gasteiger partial charge in [-0.05, 0) is 36.2 Å². The molecule has 0 atom stereocenters. The highest BCUT2D eigenvalue weighted by atomic mass is 32.1. The summed E-state index contributed by atoms with van der Waals surface area (Å²) in [7, 11) is 3.11. The predicted molar refractivity (Wildman–Crippen MR) is 130 cm³/mol. The van der Waals surface area contributed by atoms with Gasteiger partial charge in [0, 0.05) is 39.3 Å². The van der Waals surface area contributed by atoms with Crippen LogP contribution in [0.4, 0.5) is 5.13 Å². The number of benzene rings is 2. The highest BCUT2D eigenvalue weighted by Gasteiger charge is 2.21. The fourth-order valence-electron chi connectivity index (χ4n) is 3.96. The molecule has 2 heterocycles. The van der Waals surface area contributed by atoms with Gasteiger partial charge >= 0.3 is 0 Å². The molecular weight excluding hydrogens is 424 g/mol. The third kappa shape index (κ3) is 4.81. The van der Waals surface area contributed by atoms with Crippen LogP contribution in [-0.4, -0.2) is 69.3 Å². The summed E-state index contributed by atoms with van der Waals surface area (Å²) in [5.41, 5.74) is 2.92. The van der Waals surface area contributed by atoms with Gasteiger partial charge in [0.1, 0.15) is 0 Å². The van der Waals surface area contributed by atoms with Gasteiger partial charge in [-0.1, -0.05) is 30.4 Å². The number of carbonyl (C=O) groups excluding carboxylic acids is 1. The van der Waals surface area contributed by atoms with Gasteiger partial charge < -0.3 is 19.7 Å². The molecule has 1 N–H and O–H groups in total. The van der Waals surface area contributed by atoms with E-state index in [-0.39, 0.29) is 5.91 Å². The van der Waals surface area contributed by atoms with Crippen molar-refractivity contribution in [1.82, 2.24) is 15.2 Å². The number of para-hydroxylation sites is 1. The monoisotopic (exact) mass is 454 g/mol. The Kier molecular flexibility index (Phi) is 7.12. The molecular formula is C24H30N4O3S. The number of aromatic nitrogens is 1. The molecule has 8 heteroatoms. The Morgan fingerprint density at radius 2 is 1.94 bits per heavy atom. The average molecular weight is 455 g/mol. The summed E-state index contributed by atoms with van der Waals surface area (Å²) in [4.78, 5) is 22.2. The van der Waals surface area contributed by atoms with Crippen molar-refractivity contribution in [2.45, 2.75) is 13.3 Å². The Morgan fingerprint density at radius 1 is 1.12 bits per heavy atom. The average Bonchev–Trinajstić information content (AvgIpc) is 3.27. The van der Waals surface area contributed by atoms with Gasteiger partial charge in [-0.3, -0.25) is 9.69 Å². The fraction of sp³-hybridized carbons (Fsp3) is 0.417. The Balaban J connectivity index is 1.27. The molecule has 1 fully saturated rings. The Hall–Kier alpha value is -2.84. The normalized spacial score (nSPS) is 14.5. The van der Waals surface area contributed by atoms with Crippen LogP contribution in [0.1, 0.15) is 22.8 Å².